The number of benzene rings is 1. The van der Waals surface area contributed by atoms with Crippen LogP contribution in [0, 0.1) is 0 Å². The molecule has 0 aliphatic carbocycles. The Kier molecular flexibility index (Phi) is 4.15. The van der Waals surface area contributed by atoms with Crippen LogP contribution in [0.15, 0.2) is 18.2 Å². The van der Waals surface area contributed by atoms with E-state index in [1.165, 1.54) is 0 Å². The minimum absolute atomic E-state index is 0.307. The van der Waals surface area contributed by atoms with Crippen molar-refractivity contribution in [2.75, 3.05) is 6.61 Å². The van der Waals surface area contributed by atoms with Crippen molar-refractivity contribution in [1.29, 1.82) is 0 Å². The van der Waals surface area contributed by atoms with Crippen molar-refractivity contribution in [3.8, 4) is 0 Å². The molecule has 1 radical (unpaired) electrons. The predicted molar refractivity (Wildman–Crippen MR) is 61.8 cm³/mol. The quantitative estimate of drug-likeness (QED) is 0.567. The highest BCUT2D eigenvalue weighted by atomic mass is 28.3. The lowest BCUT2D eigenvalue weighted by molar-refractivity contribution is -0.161. The van der Waals surface area contributed by atoms with Crippen LogP contribution in [0.2, 0.25) is 6.04 Å². The van der Waals surface area contributed by atoms with Crippen LogP contribution in [-0.2, 0) is 16.8 Å². The maximum absolute atomic E-state index is 13.1. The third-order valence-electron chi connectivity index (χ3n) is 3.03. The van der Waals surface area contributed by atoms with Crippen LogP contribution in [0.5, 0.6) is 0 Å². The summed E-state index contributed by atoms with van der Waals surface area (Å²) in [6.45, 7) is 0.307. The number of halogens is 6. The summed E-state index contributed by atoms with van der Waals surface area (Å²) in [5.74, 6) is 0. The molecular weight excluding hydrogens is 302 g/mol. The van der Waals surface area contributed by atoms with Gasteiger partial charge in [-0.25, -0.2) is 0 Å². The topological polar surface area (TPSA) is 9.23 Å². The Hall–Kier alpha value is -1.02. The van der Waals surface area contributed by atoms with Crippen LogP contribution in [-0.4, -0.2) is 15.6 Å². The molecule has 0 aromatic heterocycles. The van der Waals surface area contributed by atoms with Gasteiger partial charge in [0, 0.05) is 6.61 Å². The first-order valence-electron chi connectivity index (χ1n) is 5.97. The Labute approximate surface area is 113 Å². The number of hydrogen-bond acceptors (Lipinski definition) is 1. The van der Waals surface area contributed by atoms with Gasteiger partial charge in [-0.3, -0.25) is 0 Å². The first-order chi connectivity index (χ1) is 9.21. The van der Waals surface area contributed by atoms with Crippen LogP contribution in [0.4, 0.5) is 26.3 Å². The fourth-order valence-electron chi connectivity index (χ4n) is 2.19. The maximum atomic E-state index is 13.1. The third kappa shape index (κ3) is 3.17. The van der Waals surface area contributed by atoms with Crippen molar-refractivity contribution >= 4 is 14.2 Å². The molecule has 0 saturated carbocycles. The smallest absolute Gasteiger partial charge is 0.412 e. The molecule has 1 aromatic carbocycles. The number of alkyl halides is 6. The van der Waals surface area contributed by atoms with Gasteiger partial charge in [-0.15, -0.1) is 0 Å². The van der Waals surface area contributed by atoms with Gasteiger partial charge >= 0.3 is 12.4 Å². The van der Waals surface area contributed by atoms with E-state index in [0.29, 0.717) is 25.1 Å². The zero-order valence-electron chi connectivity index (χ0n) is 10.2. The highest BCUT2D eigenvalue weighted by molar-refractivity contribution is 6.68. The van der Waals surface area contributed by atoms with E-state index in [2.05, 4.69) is 0 Å². The van der Waals surface area contributed by atoms with Gasteiger partial charge < -0.3 is 4.43 Å². The van der Waals surface area contributed by atoms with Crippen molar-refractivity contribution in [3.05, 3.63) is 29.3 Å². The zero-order chi connectivity index (χ0) is 15.0. The summed E-state index contributed by atoms with van der Waals surface area (Å²) in [4.78, 5) is 0. The average molecular weight is 313 g/mol. The molecule has 2 rings (SSSR count). The fraction of sp³-hybridized carbons (Fsp3) is 0.500. The molecule has 1 aromatic rings. The Bertz CT molecular complexity index is 476. The van der Waals surface area contributed by atoms with Crippen molar-refractivity contribution in [1.82, 2.24) is 0 Å². The van der Waals surface area contributed by atoms with Gasteiger partial charge in [0.25, 0.3) is 0 Å². The summed E-state index contributed by atoms with van der Waals surface area (Å²) in [7, 11) is -2.04. The summed E-state index contributed by atoms with van der Waals surface area (Å²) in [5, 5.41) is -0.322. The van der Waals surface area contributed by atoms with Crippen LogP contribution < -0.4 is 5.19 Å². The Balaban J connectivity index is 2.56. The summed E-state index contributed by atoms with van der Waals surface area (Å²) in [6.07, 6.45) is -8.66. The van der Waals surface area contributed by atoms with Gasteiger partial charge in [-0.2, -0.15) is 26.3 Å². The van der Waals surface area contributed by atoms with E-state index in [1.54, 1.807) is 0 Å². The molecule has 0 unspecified atom stereocenters. The first-order valence-corrected chi connectivity index (χ1v) is 7.59. The Morgan fingerprint density at radius 2 is 1.65 bits per heavy atom. The first kappa shape index (κ1) is 15.4. The molecule has 1 saturated heterocycles. The number of hydrogen-bond donors (Lipinski definition) is 0. The molecule has 0 N–H and O–H groups in total. The lowest BCUT2D eigenvalue weighted by atomic mass is 10.1. The highest BCUT2D eigenvalue weighted by Crippen LogP contribution is 2.39. The van der Waals surface area contributed by atoms with Crippen LogP contribution in [0.25, 0.3) is 0 Å². The lowest BCUT2D eigenvalue weighted by Crippen LogP contribution is -2.42. The van der Waals surface area contributed by atoms with Gasteiger partial charge in [-0.1, -0.05) is 18.6 Å². The predicted octanol–water partition coefficient (Wildman–Crippen LogP) is 3.73. The van der Waals surface area contributed by atoms with Gasteiger partial charge in [0.15, 0.2) is 0 Å². The maximum Gasteiger partial charge on any atom is 0.417 e. The number of rotatable bonds is 1. The molecule has 1 aliphatic heterocycles. The van der Waals surface area contributed by atoms with Crippen molar-refractivity contribution in [3.63, 3.8) is 0 Å². The molecule has 1 fully saturated rings. The molecule has 1 aliphatic rings. The standard InChI is InChI=1S/C12H11F6OSi/c13-11(14,15)8-4-3-5-9(10(8)12(16,17)18)20-7-2-1-6-19-20/h3-5H,1-2,6-7H2. The van der Waals surface area contributed by atoms with Crippen molar-refractivity contribution < 1.29 is 30.8 Å². The van der Waals surface area contributed by atoms with Crippen molar-refractivity contribution in [2.45, 2.75) is 31.2 Å². The molecule has 1 nitrogen and oxygen atoms in total. The van der Waals surface area contributed by atoms with Crippen molar-refractivity contribution in [2.24, 2.45) is 0 Å². The van der Waals surface area contributed by atoms with E-state index < -0.39 is 32.5 Å². The minimum atomic E-state index is -5.04. The molecule has 0 atom stereocenters. The van der Waals surface area contributed by atoms with Crippen LogP contribution in [0.3, 0.4) is 0 Å². The minimum Gasteiger partial charge on any atom is -0.412 e. The van der Waals surface area contributed by atoms with E-state index in [-0.39, 0.29) is 5.19 Å². The second-order valence-electron chi connectivity index (χ2n) is 4.45. The molecular formula is C12H11F6OSi. The highest BCUT2D eigenvalue weighted by Gasteiger charge is 2.46. The molecule has 8 heteroatoms. The zero-order valence-corrected chi connectivity index (χ0v) is 11.2. The second kappa shape index (κ2) is 5.40. The van der Waals surface area contributed by atoms with Crippen LogP contribution >= 0.6 is 0 Å². The monoisotopic (exact) mass is 313 g/mol. The van der Waals surface area contributed by atoms with Gasteiger partial charge in [0.05, 0.1) is 11.1 Å². The molecule has 0 amide bonds. The van der Waals surface area contributed by atoms with E-state index in [1.807, 2.05) is 0 Å². The fourth-order valence-corrected chi connectivity index (χ4v) is 4.56. The molecule has 0 spiro atoms. The van der Waals surface area contributed by atoms with E-state index in [4.69, 9.17) is 4.43 Å². The Morgan fingerprint density at radius 3 is 2.15 bits per heavy atom. The molecule has 0 bridgehead atoms. The SMILES string of the molecule is FC(F)(F)c1cccc([Si]2CCCCO2)c1C(F)(F)F. The van der Waals surface area contributed by atoms with Crippen LogP contribution in [0.1, 0.15) is 24.0 Å². The average Bonchev–Trinajstić information content (AvgIpc) is 2.37. The summed E-state index contributed by atoms with van der Waals surface area (Å²) in [5.41, 5.74) is -3.21. The van der Waals surface area contributed by atoms with E-state index >= 15 is 0 Å². The second-order valence-corrected chi connectivity index (χ2v) is 6.63. The third-order valence-corrected chi connectivity index (χ3v) is 5.41. The Morgan fingerprint density at radius 1 is 0.950 bits per heavy atom. The largest absolute Gasteiger partial charge is 0.417 e. The summed E-state index contributed by atoms with van der Waals surface area (Å²) >= 11 is 0. The van der Waals surface area contributed by atoms with E-state index in [9.17, 15) is 26.3 Å². The van der Waals surface area contributed by atoms with Gasteiger partial charge in [0.2, 0.25) is 9.04 Å². The van der Waals surface area contributed by atoms with Gasteiger partial charge in [-0.05, 0) is 23.7 Å². The normalized spacial score (nSPS) is 18.3. The molecule has 20 heavy (non-hydrogen) atoms. The molecule has 1 heterocycles. The molecule has 111 valence electrons. The summed E-state index contributed by atoms with van der Waals surface area (Å²) < 4.78 is 82.9. The summed E-state index contributed by atoms with van der Waals surface area (Å²) in [6, 6.07) is 2.99. The lowest BCUT2D eigenvalue weighted by Gasteiger charge is -2.25. The van der Waals surface area contributed by atoms with Gasteiger partial charge in [0.1, 0.15) is 0 Å². The van der Waals surface area contributed by atoms with E-state index in [0.717, 1.165) is 18.6 Å².